The van der Waals surface area contributed by atoms with E-state index in [0.29, 0.717) is 17.1 Å². The number of nitrogens with zero attached hydrogens (tertiary/aromatic N) is 1. The lowest BCUT2D eigenvalue weighted by Crippen LogP contribution is -2.36. The van der Waals surface area contributed by atoms with Crippen LogP contribution in [0, 0.1) is 16.7 Å². The zero-order chi connectivity index (χ0) is 14.0. The third-order valence-electron chi connectivity index (χ3n) is 2.82. The van der Waals surface area contributed by atoms with Gasteiger partial charge in [-0.1, -0.05) is 26.8 Å². The monoisotopic (exact) mass is 260 g/mol. The summed E-state index contributed by atoms with van der Waals surface area (Å²) in [5.74, 6) is 1.09. The molecule has 1 unspecified atom stereocenters. The molecule has 1 aliphatic rings. The van der Waals surface area contributed by atoms with Crippen LogP contribution in [-0.4, -0.2) is 12.7 Å². The molecule has 1 N–H and O–H groups in total. The smallest absolute Gasteiger partial charge is 0.231 e. The van der Waals surface area contributed by atoms with Gasteiger partial charge in [0.25, 0.3) is 0 Å². The van der Waals surface area contributed by atoms with Crippen molar-refractivity contribution in [3.63, 3.8) is 0 Å². The number of amides is 1. The molecule has 0 radical (unpaired) electrons. The minimum atomic E-state index is -0.693. The lowest BCUT2D eigenvalue weighted by atomic mass is 9.94. The fourth-order valence-electron chi connectivity index (χ4n) is 1.63. The van der Waals surface area contributed by atoms with Crippen LogP contribution >= 0.6 is 0 Å². The van der Waals surface area contributed by atoms with E-state index in [2.05, 4.69) is 11.4 Å². The van der Waals surface area contributed by atoms with E-state index in [1.807, 2.05) is 0 Å². The predicted molar refractivity (Wildman–Crippen MR) is 68.5 cm³/mol. The molecule has 0 saturated heterocycles. The lowest BCUT2D eigenvalue weighted by molar-refractivity contribution is -0.128. The Balaban J connectivity index is 2.19. The molecule has 0 bridgehead atoms. The van der Waals surface area contributed by atoms with Crippen molar-refractivity contribution in [3.8, 4) is 17.6 Å². The highest BCUT2D eigenvalue weighted by molar-refractivity contribution is 5.82. The number of carbonyl (C=O) groups is 1. The maximum absolute atomic E-state index is 11.9. The van der Waals surface area contributed by atoms with Crippen LogP contribution in [0.4, 0.5) is 0 Å². The van der Waals surface area contributed by atoms with Gasteiger partial charge in [0.05, 0.1) is 6.07 Å². The zero-order valence-electron chi connectivity index (χ0n) is 11.2. The Hall–Kier alpha value is -2.22. The van der Waals surface area contributed by atoms with Crippen molar-refractivity contribution in [2.24, 2.45) is 5.41 Å². The molecule has 1 amide bonds. The summed E-state index contributed by atoms with van der Waals surface area (Å²) in [6.07, 6.45) is 0. The van der Waals surface area contributed by atoms with Crippen molar-refractivity contribution < 1.29 is 14.3 Å². The minimum Gasteiger partial charge on any atom is -0.454 e. The number of hydrogen-bond donors (Lipinski definition) is 1. The highest BCUT2D eigenvalue weighted by Crippen LogP contribution is 2.34. The fraction of sp³-hybridized carbons (Fsp3) is 0.429. The van der Waals surface area contributed by atoms with Crippen molar-refractivity contribution in [3.05, 3.63) is 23.8 Å². The highest BCUT2D eigenvalue weighted by Gasteiger charge is 2.25. The summed E-state index contributed by atoms with van der Waals surface area (Å²) >= 11 is 0. The molecule has 100 valence electrons. The lowest BCUT2D eigenvalue weighted by Gasteiger charge is -2.20. The summed E-state index contributed by atoms with van der Waals surface area (Å²) in [5, 5.41) is 11.9. The van der Waals surface area contributed by atoms with Gasteiger partial charge in [0.1, 0.15) is 6.04 Å². The van der Waals surface area contributed by atoms with Crippen LogP contribution in [-0.2, 0) is 4.79 Å². The van der Waals surface area contributed by atoms with Crippen molar-refractivity contribution in [1.29, 1.82) is 5.26 Å². The van der Waals surface area contributed by atoms with Crippen LogP contribution in [0.2, 0.25) is 0 Å². The molecule has 1 aromatic carbocycles. The number of nitrogens with one attached hydrogen (secondary N) is 1. The Kier molecular flexibility index (Phi) is 3.34. The Morgan fingerprint density at radius 3 is 2.68 bits per heavy atom. The minimum absolute atomic E-state index is 0.170. The van der Waals surface area contributed by atoms with Gasteiger partial charge in [-0.3, -0.25) is 4.79 Å². The normalized spacial score (nSPS) is 14.6. The van der Waals surface area contributed by atoms with Gasteiger partial charge in [-0.25, -0.2) is 0 Å². The molecule has 0 spiro atoms. The summed E-state index contributed by atoms with van der Waals surface area (Å²) in [6.45, 7) is 5.59. The molecular weight excluding hydrogens is 244 g/mol. The Morgan fingerprint density at radius 2 is 2.05 bits per heavy atom. The van der Waals surface area contributed by atoms with Crippen molar-refractivity contribution in [1.82, 2.24) is 5.32 Å². The van der Waals surface area contributed by atoms with Crippen LogP contribution < -0.4 is 14.8 Å². The summed E-state index contributed by atoms with van der Waals surface area (Å²) in [4.78, 5) is 11.9. The van der Waals surface area contributed by atoms with Gasteiger partial charge in [-0.15, -0.1) is 0 Å². The molecule has 19 heavy (non-hydrogen) atoms. The van der Waals surface area contributed by atoms with E-state index in [1.165, 1.54) is 0 Å². The average Bonchev–Trinajstić information content (AvgIpc) is 2.81. The van der Waals surface area contributed by atoms with E-state index in [1.54, 1.807) is 39.0 Å². The predicted octanol–water partition coefficient (Wildman–Crippen LogP) is 2.14. The fourth-order valence-corrected chi connectivity index (χ4v) is 1.63. The Bertz CT molecular complexity index is 541. The van der Waals surface area contributed by atoms with Gasteiger partial charge < -0.3 is 14.8 Å². The van der Waals surface area contributed by atoms with Gasteiger partial charge in [0.15, 0.2) is 11.5 Å². The zero-order valence-corrected chi connectivity index (χ0v) is 11.2. The standard InChI is InChI=1S/C14H16N2O3/c1-14(2,3)13(17)16-10(7-15)9-4-5-11-12(6-9)19-8-18-11/h4-6,10H,8H2,1-3H3,(H,16,17). The maximum Gasteiger partial charge on any atom is 0.231 e. The summed E-state index contributed by atoms with van der Waals surface area (Å²) in [6, 6.07) is 6.61. The second-order valence-corrected chi connectivity index (χ2v) is 5.40. The molecule has 5 heteroatoms. The first-order valence-corrected chi connectivity index (χ1v) is 6.02. The third kappa shape index (κ3) is 2.79. The molecule has 1 aromatic rings. The first-order chi connectivity index (χ1) is 8.91. The Labute approximate surface area is 112 Å². The number of hydrogen-bond acceptors (Lipinski definition) is 4. The first kappa shape index (κ1) is 13.2. The van der Waals surface area contributed by atoms with Crippen LogP contribution in [0.3, 0.4) is 0 Å². The van der Waals surface area contributed by atoms with E-state index in [4.69, 9.17) is 9.47 Å². The average molecular weight is 260 g/mol. The SMILES string of the molecule is CC(C)(C)C(=O)NC(C#N)c1ccc2c(c1)OCO2. The van der Waals surface area contributed by atoms with E-state index in [-0.39, 0.29) is 12.7 Å². The summed E-state index contributed by atoms with van der Waals surface area (Å²) in [7, 11) is 0. The Morgan fingerprint density at radius 1 is 1.37 bits per heavy atom. The molecule has 1 atom stereocenters. The molecule has 0 saturated carbocycles. The van der Waals surface area contributed by atoms with Crippen molar-refractivity contribution >= 4 is 5.91 Å². The van der Waals surface area contributed by atoms with E-state index < -0.39 is 11.5 Å². The van der Waals surface area contributed by atoms with Crippen molar-refractivity contribution in [2.75, 3.05) is 6.79 Å². The number of rotatable bonds is 2. The third-order valence-corrected chi connectivity index (χ3v) is 2.82. The molecule has 0 aliphatic carbocycles. The number of ether oxygens (including phenoxy) is 2. The maximum atomic E-state index is 11.9. The molecule has 0 aromatic heterocycles. The number of fused-ring (bicyclic) bond motifs is 1. The van der Waals surface area contributed by atoms with E-state index in [9.17, 15) is 10.1 Å². The number of benzene rings is 1. The van der Waals surface area contributed by atoms with Gasteiger partial charge in [0, 0.05) is 5.41 Å². The summed E-state index contributed by atoms with van der Waals surface area (Å²) in [5.41, 5.74) is 0.148. The van der Waals surface area contributed by atoms with Gasteiger partial charge in [-0.2, -0.15) is 5.26 Å². The van der Waals surface area contributed by atoms with Gasteiger partial charge in [0.2, 0.25) is 12.7 Å². The first-order valence-electron chi connectivity index (χ1n) is 6.02. The second kappa shape index (κ2) is 4.81. The molecule has 2 rings (SSSR count). The molecule has 0 fully saturated rings. The summed E-state index contributed by atoms with van der Waals surface area (Å²) < 4.78 is 10.5. The quantitative estimate of drug-likeness (QED) is 0.884. The molecule has 1 heterocycles. The van der Waals surface area contributed by atoms with Crippen LogP contribution in [0.1, 0.15) is 32.4 Å². The van der Waals surface area contributed by atoms with Gasteiger partial charge >= 0.3 is 0 Å². The highest BCUT2D eigenvalue weighted by atomic mass is 16.7. The van der Waals surface area contributed by atoms with E-state index in [0.717, 1.165) is 0 Å². The van der Waals surface area contributed by atoms with Crippen LogP contribution in [0.15, 0.2) is 18.2 Å². The van der Waals surface area contributed by atoms with Crippen molar-refractivity contribution in [2.45, 2.75) is 26.8 Å². The second-order valence-electron chi connectivity index (χ2n) is 5.40. The molecular formula is C14H16N2O3. The van der Waals surface area contributed by atoms with Crippen LogP contribution in [0.5, 0.6) is 11.5 Å². The molecule has 1 aliphatic heterocycles. The number of carbonyl (C=O) groups excluding carboxylic acids is 1. The topological polar surface area (TPSA) is 71.4 Å². The molecule has 5 nitrogen and oxygen atoms in total. The van der Waals surface area contributed by atoms with Crippen LogP contribution in [0.25, 0.3) is 0 Å². The largest absolute Gasteiger partial charge is 0.454 e. The van der Waals surface area contributed by atoms with E-state index >= 15 is 0 Å². The number of nitriles is 1. The van der Waals surface area contributed by atoms with Gasteiger partial charge in [-0.05, 0) is 17.7 Å².